The van der Waals surface area contributed by atoms with Gasteiger partial charge in [-0.25, -0.2) is 19.6 Å². The van der Waals surface area contributed by atoms with E-state index in [-0.39, 0.29) is 37.7 Å². The van der Waals surface area contributed by atoms with Crippen LogP contribution in [0.4, 0.5) is 5.82 Å². The van der Waals surface area contributed by atoms with Crippen molar-refractivity contribution >= 4 is 45.8 Å². The molecule has 4 heterocycles. The highest BCUT2D eigenvalue weighted by molar-refractivity contribution is 7.13. The summed E-state index contributed by atoms with van der Waals surface area (Å²) in [5, 5.41) is 29.7. The first-order valence-corrected chi connectivity index (χ1v) is 30.8. The van der Waals surface area contributed by atoms with Gasteiger partial charge in [-0.15, -0.1) is 16.4 Å². The number of para-hydroxylation sites is 1. The number of aliphatic hydroxyl groups is 1. The third-order valence-corrected chi connectivity index (χ3v) is 16.9. The number of aromatic nitrogens is 6. The van der Waals surface area contributed by atoms with Gasteiger partial charge in [-0.05, 0) is 113 Å². The Morgan fingerprint density at radius 3 is 2.20 bits per heavy atom. The maximum absolute atomic E-state index is 14.1. The first-order chi connectivity index (χ1) is 39.8. The number of likely N-dealkylation sites (N-methyl/N-ethyl adjacent to an activating group) is 1. The van der Waals surface area contributed by atoms with Crippen LogP contribution < -0.4 is 16.0 Å². The number of carbonyl (C=O) groups excluding carboxylic acids is 3. The molecule has 2 aromatic carbocycles. The van der Waals surface area contributed by atoms with Gasteiger partial charge in [-0.3, -0.25) is 19.3 Å². The number of thiazole rings is 1. The standard InChI is InChI=1S/C62H94N12O8S/c1-44-56(83-43-65-44)46-20-18-45(19-21-46)39-64-59(77)53-38-50(75)41-74(53)60(78)57(62(5,6)7)68-55(76)17-12-14-48-40-73(70-69-48)29-31-80-33-35-82-37-36-81-34-32-79-30-28-71(8)27-13-26-63-58-51-15-10-11-16-52(51)66-54(67-58)42-72(9)49-24-22-47(23-25-49)61(2,3)4/h10-11,15-16,18-21,40,43,47,49-50,53,57,75H,12-14,17,22-39,41-42H2,1-9H3,(H,64,77)(H,68,76)(H,63,66,67)/t47?,49?,50-,53+,57?/m1/s1. The fourth-order valence-corrected chi connectivity index (χ4v) is 11.7. The van der Waals surface area contributed by atoms with E-state index in [2.05, 4.69) is 94.1 Å². The third kappa shape index (κ3) is 20.6. The van der Waals surface area contributed by atoms with Crippen LogP contribution in [-0.2, 0) is 59.4 Å². The van der Waals surface area contributed by atoms with E-state index in [1.165, 1.54) is 30.6 Å². The summed E-state index contributed by atoms with van der Waals surface area (Å²) in [4.78, 5) is 62.4. The van der Waals surface area contributed by atoms with Crippen molar-refractivity contribution in [1.82, 2.24) is 55.3 Å². The van der Waals surface area contributed by atoms with Gasteiger partial charge in [-0.2, -0.15) is 0 Å². The number of nitrogens with one attached hydrogen (secondary N) is 3. The summed E-state index contributed by atoms with van der Waals surface area (Å²) in [5.41, 5.74) is 6.20. The minimum absolute atomic E-state index is 0.00811. The zero-order chi connectivity index (χ0) is 59.4. The number of nitrogens with zero attached hydrogens (tertiary/aromatic N) is 9. The molecule has 1 aliphatic heterocycles. The molecule has 1 saturated carbocycles. The third-order valence-electron chi connectivity index (χ3n) is 15.9. The van der Waals surface area contributed by atoms with E-state index in [0.29, 0.717) is 83.7 Å². The minimum Gasteiger partial charge on any atom is -0.391 e. The number of anilines is 1. The number of aryl methyl sites for hydroxylation is 2. The maximum Gasteiger partial charge on any atom is 0.246 e. The summed E-state index contributed by atoms with van der Waals surface area (Å²) in [6, 6.07) is 15.0. The number of β-amino-alcohol motifs (C(OH)–C–C–N with tert-alkyl or cyclic N) is 1. The molecule has 1 aliphatic carbocycles. The summed E-state index contributed by atoms with van der Waals surface area (Å²) in [6.45, 7) is 22.8. The average Bonchev–Trinajstić information content (AvgIpc) is 4.42. The number of hydrogen-bond acceptors (Lipinski definition) is 17. The topological polar surface area (TPSA) is 224 Å². The summed E-state index contributed by atoms with van der Waals surface area (Å²) in [7, 11) is 4.35. The highest BCUT2D eigenvalue weighted by atomic mass is 32.1. The van der Waals surface area contributed by atoms with Gasteiger partial charge in [0.2, 0.25) is 17.7 Å². The van der Waals surface area contributed by atoms with Crippen molar-refractivity contribution in [3.8, 4) is 10.4 Å². The second-order valence-corrected chi connectivity index (χ2v) is 25.5. The molecule has 7 rings (SSSR count). The van der Waals surface area contributed by atoms with Crippen LogP contribution in [0.1, 0.15) is 116 Å². The van der Waals surface area contributed by atoms with Gasteiger partial charge in [0.1, 0.15) is 23.7 Å². The lowest BCUT2D eigenvalue weighted by atomic mass is 9.71. The summed E-state index contributed by atoms with van der Waals surface area (Å²) >= 11 is 1.58. The Morgan fingerprint density at radius 1 is 0.843 bits per heavy atom. The van der Waals surface area contributed by atoms with Crippen LogP contribution >= 0.6 is 11.3 Å². The number of fused-ring (bicyclic) bond motifs is 1. The number of amides is 3. The Balaban J connectivity index is 0.678. The molecule has 456 valence electrons. The Labute approximate surface area is 496 Å². The van der Waals surface area contributed by atoms with Crippen molar-refractivity contribution in [2.75, 3.05) is 98.4 Å². The molecule has 4 N–H and O–H groups in total. The number of rotatable bonds is 33. The van der Waals surface area contributed by atoms with Crippen LogP contribution in [0.3, 0.4) is 0 Å². The number of ether oxygens (including phenoxy) is 4. The Hall–Kier alpha value is -5.52. The molecule has 3 atom stereocenters. The molecule has 0 bridgehead atoms. The predicted molar refractivity (Wildman–Crippen MR) is 325 cm³/mol. The molecule has 3 amide bonds. The lowest BCUT2D eigenvalue weighted by Gasteiger charge is -2.39. The second-order valence-electron chi connectivity index (χ2n) is 24.6. The molecular formula is C62H94N12O8S. The summed E-state index contributed by atoms with van der Waals surface area (Å²) in [5.74, 6) is 1.55. The lowest BCUT2D eigenvalue weighted by molar-refractivity contribution is -0.144. The first kappa shape index (κ1) is 65.0. The Morgan fingerprint density at radius 2 is 1.53 bits per heavy atom. The summed E-state index contributed by atoms with van der Waals surface area (Å²) in [6.07, 6.45) is 8.32. The molecule has 1 saturated heterocycles. The number of likely N-dealkylation sites (tertiary alicyclic amines) is 1. The van der Waals surface area contributed by atoms with Crippen LogP contribution in [0.5, 0.6) is 0 Å². The summed E-state index contributed by atoms with van der Waals surface area (Å²) < 4.78 is 24.7. The SMILES string of the molecule is Cc1ncsc1-c1ccc(CNC(=O)[C@@H]2C[C@@H](O)CN2C(=O)C(NC(=O)CCCc2cn(CCOCCOCCOCCOCCN(C)CCCNc3nc(CN(C)C4CCC(C(C)(C)C)CC4)nc4ccccc34)nn2)C(C)(C)C)cc1. The molecule has 0 radical (unpaired) electrons. The van der Waals surface area contributed by atoms with Crippen molar-refractivity contribution < 1.29 is 38.4 Å². The van der Waals surface area contributed by atoms with Crippen LogP contribution in [0.15, 0.2) is 60.2 Å². The van der Waals surface area contributed by atoms with Gasteiger partial charge < -0.3 is 49.8 Å². The molecule has 2 aliphatic rings. The van der Waals surface area contributed by atoms with Crippen molar-refractivity contribution in [1.29, 1.82) is 0 Å². The maximum atomic E-state index is 14.1. The van der Waals surface area contributed by atoms with Crippen molar-refractivity contribution in [2.45, 2.75) is 150 Å². The minimum atomic E-state index is -0.904. The van der Waals surface area contributed by atoms with Gasteiger partial charge in [0.05, 0.1) is 99.3 Å². The zero-order valence-electron chi connectivity index (χ0n) is 50.9. The van der Waals surface area contributed by atoms with Gasteiger partial charge in [-0.1, -0.05) is 83.2 Å². The number of benzene rings is 2. The quantitative estimate of drug-likeness (QED) is 0.0302. The average molecular weight is 1170 g/mol. The van der Waals surface area contributed by atoms with Gasteiger partial charge in [0, 0.05) is 56.6 Å². The van der Waals surface area contributed by atoms with E-state index in [1.54, 1.807) is 16.0 Å². The molecule has 3 aromatic heterocycles. The number of aliphatic hydroxyl groups excluding tert-OH is 1. The molecule has 2 fully saturated rings. The Bertz CT molecular complexity index is 2770. The van der Waals surface area contributed by atoms with Gasteiger partial charge in [0.25, 0.3) is 0 Å². The zero-order valence-corrected chi connectivity index (χ0v) is 51.7. The molecule has 1 unspecified atom stereocenters. The van der Waals surface area contributed by atoms with E-state index in [9.17, 15) is 19.5 Å². The fraction of sp³-hybridized carbons (Fsp3) is 0.645. The number of hydrogen-bond donors (Lipinski definition) is 4. The van der Waals surface area contributed by atoms with Crippen molar-refractivity contribution in [3.63, 3.8) is 0 Å². The highest BCUT2D eigenvalue weighted by Crippen LogP contribution is 2.39. The van der Waals surface area contributed by atoms with Crippen LogP contribution in [0.2, 0.25) is 0 Å². The number of carbonyl (C=O) groups is 3. The monoisotopic (exact) mass is 1170 g/mol. The van der Waals surface area contributed by atoms with Crippen molar-refractivity contribution in [3.05, 3.63) is 83.0 Å². The smallest absolute Gasteiger partial charge is 0.246 e. The molecular weight excluding hydrogens is 1070 g/mol. The van der Waals surface area contributed by atoms with E-state index in [1.807, 2.05) is 69.7 Å². The molecule has 21 heteroatoms. The fourth-order valence-electron chi connectivity index (χ4n) is 10.9. The Kier molecular flexibility index (Phi) is 25.2. The predicted octanol–water partition coefficient (Wildman–Crippen LogP) is 7.32. The van der Waals surface area contributed by atoms with E-state index >= 15 is 0 Å². The lowest BCUT2D eigenvalue weighted by Crippen LogP contribution is -2.57. The normalized spacial score (nSPS) is 18.1. The van der Waals surface area contributed by atoms with E-state index in [4.69, 9.17) is 28.9 Å². The van der Waals surface area contributed by atoms with Crippen LogP contribution in [-0.4, -0.2) is 185 Å². The van der Waals surface area contributed by atoms with E-state index in [0.717, 1.165) is 88.5 Å². The van der Waals surface area contributed by atoms with Gasteiger partial charge in [0.15, 0.2) is 0 Å². The highest BCUT2D eigenvalue weighted by Gasteiger charge is 2.44. The van der Waals surface area contributed by atoms with Crippen LogP contribution in [0, 0.1) is 23.7 Å². The second kappa shape index (κ2) is 32.1. The van der Waals surface area contributed by atoms with Crippen LogP contribution in [0.25, 0.3) is 21.3 Å². The molecule has 83 heavy (non-hydrogen) atoms. The van der Waals surface area contributed by atoms with E-state index < -0.39 is 29.5 Å². The van der Waals surface area contributed by atoms with Gasteiger partial charge >= 0.3 is 0 Å². The molecule has 20 nitrogen and oxygen atoms in total. The largest absolute Gasteiger partial charge is 0.391 e. The molecule has 5 aromatic rings. The molecule has 0 spiro atoms. The van der Waals surface area contributed by atoms with Crippen molar-refractivity contribution in [2.24, 2.45) is 16.7 Å². The first-order valence-electron chi connectivity index (χ1n) is 30.0.